The molecule has 0 atom stereocenters. The van der Waals surface area contributed by atoms with E-state index in [4.69, 9.17) is 0 Å². The van der Waals surface area contributed by atoms with Crippen LogP contribution in [0.25, 0.3) is 0 Å². The van der Waals surface area contributed by atoms with Gasteiger partial charge in [0.15, 0.2) is 0 Å². The summed E-state index contributed by atoms with van der Waals surface area (Å²) in [4.78, 5) is 0. The van der Waals surface area contributed by atoms with Crippen LogP contribution in [0.2, 0.25) is 0 Å². The third kappa shape index (κ3) is 6.82. The van der Waals surface area contributed by atoms with Crippen LogP contribution in [0.5, 0.6) is 0 Å². The van der Waals surface area contributed by atoms with Gasteiger partial charge in [-0.3, -0.25) is 0 Å². The van der Waals surface area contributed by atoms with Crippen molar-refractivity contribution in [3.8, 4) is 0 Å². The average molecular weight is 1060 g/mol. The Kier molecular flexibility index (Phi) is 12.4. The number of benzene rings is 4. The summed E-state index contributed by atoms with van der Waals surface area (Å²) in [6, 6.07) is 46.5. The van der Waals surface area contributed by atoms with E-state index in [0.717, 1.165) is 0 Å². The first kappa shape index (κ1) is 28.7. The molecular formula is C26H24I4P2Se2. The van der Waals surface area contributed by atoms with E-state index in [-0.39, 0.29) is 30.0 Å². The summed E-state index contributed by atoms with van der Waals surface area (Å²) < 4.78 is 0. The van der Waals surface area contributed by atoms with Crippen molar-refractivity contribution in [2.45, 2.75) is 0 Å². The van der Waals surface area contributed by atoms with Crippen LogP contribution in [-0.2, 0) is 0 Å². The molecule has 4 aromatic carbocycles. The van der Waals surface area contributed by atoms with Gasteiger partial charge in [0.2, 0.25) is 0 Å². The summed E-state index contributed by atoms with van der Waals surface area (Å²) in [5, 5.41) is 6.53. The molecule has 8 heteroatoms. The van der Waals surface area contributed by atoms with E-state index < -0.39 is 11.9 Å². The van der Waals surface area contributed by atoms with Gasteiger partial charge in [-0.15, -0.1) is 0 Å². The quantitative estimate of drug-likeness (QED) is 0.115. The molecule has 0 amide bonds. The molecule has 0 aromatic heterocycles. The minimum absolute atomic E-state index is 0.203. The van der Waals surface area contributed by atoms with Crippen LogP contribution >= 0.6 is 49.1 Å². The van der Waals surface area contributed by atoms with Crippen LogP contribution in [0.1, 0.15) is 0 Å². The molecule has 34 heavy (non-hydrogen) atoms. The van der Waals surface area contributed by atoms with Crippen molar-refractivity contribution >= 4 is 92.9 Å². The Labute approximate surface area is 252 Å². The standard InChI is InChI=1S/C26H24I4P2Se2/c27-29-33-31(23-13-5-1-6-14-23,24-15-7-2-8-16-24)21-22-32(34-30-28,25-17-9-3-10-18-25)26-19-11-4-12-20-26/h1-20H,21-22H2. The van der Waals surface area contributed by atoms with Gasteiger partial charge >= 0.3 is 257 Å². The topological polar surface area (TPSA) is 0 Å². The second-order valence-electron chi connectivity index (χ2n) is 7.52. The fourth-order valence-electron chi connectivity index (χ4n) is 4.09. The van der Waals surface area contributed by atoms with Gasteiger partial charge in [-0.05, 0) is 0 Å². The number of hydrogen-bond donors (Lipinski definition) is 0. The molecular weight excluding hydrogens is 1040 g/mol. The number of halogens is 4. The molecule has 0 radical (unpaired) electrons. The molecule has 0 saturated heterocycles. The van der Waals surface area contributed by atoms with E-state index in [9.17, 15) is 0 Å². The SMILES string of the molecule is I[I-][Se][P+](CC[P+]([Se][I-]I)(c1ccccc1)c1ccccc1)(c1ccccc1)c1ccccc1. The average Bonchev–Trinajstić information content (AvgIpc) is 2.92. The molecule has 0 nitrogen and oxygen atoms in total. The van der Waals surface area contributed by atoms with Crippen LogP contribution in [0.15, 0.2) is 121 Å². The van der Waals surface area contributed by atoms with Crippen LogP contribution in [-0.4, -0.2) is 34.9 Å². The Morgan fingerprint density at radius 2 is 0.676 bits per heavy atom. The summed E-state index contributed by atoms with van der Waals surface area (Å²) in [6.45, 7) is 0. The zero-order valence-electron chi connectivity index (χ0n) is 18.2. The van der Waals surface area contributed by atoms with Gasteiger partial charge in [0.05, 0.1) is 0 Å². The van der Waals surface area contributed by atoms with Crippen LogP contribution < -0.4 is 51.2 Å². The first-order valence-electron chi connectivity index (χ1n) is 10.6. The Morgan fingerprint density at radius 1 is 0.441 bits per heavy atom. The molecule has 0 spiro atoms. The normalized spacial score (nSPS) is 12.2. The van der Waals surface area contributed by atoms with Gasteiger partial charge in [-0.1, -0.05) is 0 Å². The Bertz CT molecular complexity index is 965. The maximum atomic E-state index is 2.75. The predicted octanol–water partition coefficient (Wildman–Crippen LogP) is 0.270. The van der Waals surface area contributed by atoms with Crippen LogP contribution in [0, 0.1) is 0 Å². The Balaban J connectivity index is 1.86. The molecule has 0 aliphatic rings. The van der Waals surface area contributed by atoms with Gasteiger partial charge in [0.1, 0.15) is 0 Å². The van der Waals surface area contributed by atoms with E-state index in [1.807, 2.05) is 0 Å². The van der Waals surface area contributed by atoms with Crippen LogP contribution in [0.3, 0.4) is 0 Å². The van der Waals surface area contributed by atoms with Crippen molar-refractivity contribution < 1.29 is 30.0 Å². The maximum absolute atomic E-state index is 2.75. The molecule has 0 unspecified atom stereocenters. The van der Waals surface area contributed by atoms with Crippen molar-refractivity contribution in [1.82, 2.24) is 0 Å². The van der Waals surface area contributed by atoms with Gasteiger partial charge in [-0.2, -0.15) is 0 Å². The molecule has 4 rings (SSSR count). The molecule has 0 fully saturated rings. The summed E-state index contributed by atoms with van der Waals surface area (Å²) in [5.41, 5.74) is 0. The van der Waals surface area contributed by atoms with Gasteiger partial charge in [0, 0.05) is 0 Å². The van der Waals surface area contributed by atoms with Crippen molar-refractivity contribution in [3.63, 3.8) is 0 Å². The Morgan fingerprint density at radius 3 is 0.882 bits per heavy atom. The minimum atomic E-state index is -1.41. The molecule has 0 aliphatic heterocycles. The number of rotatable bonds is 11. The summed E-state index contributed by atoms with van der Waals surface area (Å²) in [5.74, 6) is -2.82. The molecule has 0 heterocycles. The molecule has 178 valence electrons. The van der Waals surface area contributed by atoms with Crippen molar-refractivity contribution in [2.75, 3.05) is 12.3 Å². The van der Waals surface area contributed by atoms with Gasteiger partial charge < -0.3 is 0 Å². The molecule has 0 aliphatic carbocycles. The molecule has 0 saturated carbocycles. The van der Waals surface area contributed by atoms with E-state index >= 15 is 0 Å². The van der Waals surface area contributed by atoms with Crippen molar-refractivity contribution in [1.29, 1.82) is 0 Å². The van der Waals surface area contributed by atoms with E-state index in [1.165, 1.54) is 12.3 Å². The second kappa shape index (κ2) is 14.7. The Hall–Kier alpha value is 1.70. The summed E-state index contributed by atoms with van der Waals surface area (Å²) >= 11 is 7.27. The summed E-state index contributed by atoms with van der Waals surface area (Å²) in [6.07, 6.45) is 2.70. The fraction of sp³-hybridized carbons (Fsp3) is 0.0769. The third-order valence-electron chi connectivity index (χ3n) is 5.71. The third-order valence-corrected chi connectivity index (χ3v) is 80.8. The fourth-order valence-corrected chi connectivity index (χ4v) is 103. The van der Waals surface area contributed by atoms with Crippen LogP contribution in [0.4, 0.5) is 0 Å². The first-order chi connectivity index (χ1) is 16.7. The predicted molar refractivity (Wildman–Crippen MR) is 167 cm³/mol. The summed E-state index contributed by atoms with van der Waals surface area (Å²) in [7, 11) is 0. The monoisotopic (exact) mass is 1070 g/mol. The van der Waals surface area contributed by atoms with Crippen molar-refractivity contribution in [3.05, 3.63) is 121 Å². The molecule has 4 aromatic rings. The molecule has 0 bridgehead atoms. The first-order valence-corrected chi connectivity index (χ1v) is 42.0. The molecule has 0 N–H and O–H groups in total. The second-order valence-corrected chi connectivity index (χ2v) is 62.7. The van der Waals surface area contributed by atoms with Gasteiger partial charge in [-0.25, -0.2) is 0 Å². The zero-order valence-corrected chi connectivity index (χ0v) is 32.0. The van der Waals surface area contributed by atoms with Crippen molar-refractivity contribution in [2.24, 2.45) is 0 Å². The van der Waals surface area contributed by atoms with E-state index in [0.29, 0.717) is 22.5 Å². The van der Waals surface area contributed by atoms with Gasteiger partial charge in [0.25, 0.3) is 0 Å². The number of hydrogen-bond acceptors (Lipinski definition) is 0. The van der Waals surface area contributed by atoms with E-state index in [2.05, 4.69) is 159 Å². The van der Waals surface area contributed by atoms with E-state index in [1.54, 1.807) is 21.2 Å². The zero-order chi connectivity index (χ0) is 23.7.